The minimum Gasteiger partial charge on any atom is -0.347 e. The number of hydrogen-bond donors (Lipinski definition) is 1. The molecule has 0 aliphatic carbocycles. The van der Waals surface area contributed by atoms with Crippen LogP contribution in [0.3, 0.4) is 0 Å². The second-order valence-corrected chi connectivity index (χ2v) is 6.14. The van der Waals surface area contributed by atoms with E-state index in [0.717, 1.165) is 26.1 Å². The number of benzene rings is 1. The Morgan fingerprint density at radius 1 is 1.30 bits per heavy atom. The number of hydrazone groups is 1. The van der Waals surface area contributed by atoms with Gasteiger partial charge < -0.3 is 5.32 Å². The van der Waals surface area contributed by atoms with Gasteiger partial charge in [-0.3, -0.25) is 14.5 Å². The molecule has 6 heteroatoms. The van der Waals surface area contributed by atoms with E-state index in [1.165, 1.54) is 10.6 Å². The van der Waals surface area contributed by atoms with Crippen LogP contribution in [0.2, 0.25) is 0 Å². The molecule has 0 radical (unpaired) electrons. The average Bonchev–Trinajstić information content (AvgIpc) is 2.98. The lowest BCUT2D eigenvalue weighted by Crippen LogP contribution is -2.43. The molecule has 122 valence electrons. The van der Waals surface area contributed by atoms with Crippen LogP contribution >= 0.6 is 0 Å². The molecular weight excluding hydrogens is 292 g/mol. The topological polar surface area (TPSA) is 65.0 Å². The normalized spacial score (nSPS) is 22.1. The van der Waals surface area contributed by atoms with Crippen LogP contribution in [0, 0.1) is 0 Å². The maximum atomic E-state index is 12.3. The van der Waals surface area contributed by atoms with Gasteiger partial charge >= 0.3 is 0 Å². The molecule has 1 aromatic rings. The van der Waals surface area contributed by atoms with Crippen LogP contribution in [-0.4, -0.2) is 53.6 Å². The molecule has 2 heterocycles. The molecule has 1 aromatic carbocycles. The van der Waals surface area contributed by atoms with Crippen LogP contribution in [0.25, 0.3) is 0 Å². The first-order valence-corrected chi connectivity index (χ1v) is 8.03. The van der Waals surface area contributed by atoms with Gasteiger partial charge in [-0.1, -0.05) is 30.3 Å². The highest BCUT2D eigenvalue weighted by atomic mass is 16.2. The van der Waals surface area contributed by atoms with Crippen molar-refractivity contribution in [1.29, 1.82) is 0 Å². The number of amides is 2. The first-order chi connectivity index (χ1) is 11.1. The van der Waals surface area contributed by atoms with Gasteiger partial charge in [-0.25, -0.2) is 5.01 Å². The highest BCUT2D eigenvalue weighted by molar-refractivity contribution is 6.39. The van der Waals surface area contributed by atoms with E-state index in [1.807, 2.05) is 18.2 Å². The molecule has 1 N–H and O–H groups in total. The Hall–Kier alpha value is -2.21. The fourth-order valence-electron chi connectivity index (χ4n) is 3.04. The number of likely N-dealkylation sites (tertiary alicyclic amines) is 1. The molecular formula is C17H22N4O2. The van der Waals surface area contributed by atoms with Crippen molar-refractivity contribution in [2.75, 3.05) is 20.1 Å². The number of carbonyl (C=O) groups is 2. The van der Waals surface area contributed by atoms with Gasteiger partial charge in [0.2, 0.25) is 5.91 Å². The molecule has 3 rings (SSSR count). The van der Waals surface area contributed by atoms with Crippen molar-refractivity contribution in [2.45, 2.75) is 31.8 Å². The summed E-state index contributed by atoms with van der Waals surface area (Å²) in [4.78, 5) is 26.0. The number of nitrogens with zero attached hydrogens (tertiary/aromatic N) is 3. The van der Waals surface area contributed by atoms with Crippen LogP contribution in [0.4, 0.5) is 0 Å². The SMILES string of the molecule is CN1N=C(C(=O)N[C@@H]2CCN(Cc3ccccc3)C2)CCC1=O. The average molecular weight is 314 g/mol. The van der Waals surface area contributed by atoms with Gasteiger partial charge in [0.25, 0.3) is 5.91 Å². The predicted octanol–water partition coefficient (Wildman–Crippen LogP) is 0.985. The molecule has 0 spiro atoms. The lowest BCUT2D eigenvalue weighted by molar-refractivity contribution is -0.130. The summed E-state index contributed by atoms with van der Waals surface area (Å²) in [7, 11) is 1.59. The van der Waals surface area contributed by atoms with Gasteiger partial charge in [-0.05, 0) is 12.0 Å². The number of nitrogens with one attached hydrogen (secondary N) is 1. The summed E-state index contributed by atoms with van der Waals surface area (Å²) in [5, 5.41) is 8.38. The molecule has 2 amide bonds. The van der Waals surface area contributed by atoms with Crippen molar-refractivity contribution >= 4 is 17.5 Å². The van der Waals surface area contributed by atoms with E-state index in [-0.39, 0.29) is 17.9 Å². The molecule has 1 atom stereocenters. The van der Waals surface area contributed by atoms with Crippen LogP contribution in [0.15, 0.2) is 35.4 Å². The summed E-state index contributed by atoms with van der Waals surface area (Å²) in [5.74, 6) is -0.188. The van der Waals surface area contributed by atoms with Crippen molar-refractivity contribution in [3.8, 4) is 0 Å². The Labute approximate surface area is 136 Å². The monoisotopic (exact) mass is 314 g/mol. The van der Waals surface area contributed by atoms with Gasteiger partial charge in [0.05, 0.1) is 0 Å². The highest BCUT2D eigenvalue weighted by Gasteiger charge is 2.27. The summed E-state index contributed by atoms with van der Waals surface area (Å²) >= 11 is 0. The Bertz CT molecular complexity index is 614. The number of carbonyl (C=O) groups excluding carboxylic acids is 2. The maximum Gasteiger partial charge on any atom is 0.267 e. The van der Waals surface area contributed by atoms with Crippen LogP contribution in [0.1, 0.15) is 24.8 Å². The molecule has 6 nitrogen and oxygen atoms in total. The van der Waals surface area contributed by atoms with E-state index >= 15 is 0 Å². The zero-order chi connectivity index (χ0) is 16.2. The van der Waals surface area contributed by atoms with E-state index in [1.54, 1.807) is 7.05 Å². The van der Waals surface area contributed by atoms with E-state index in [4.69, 9.17) is 0 Å². The summed E-state index contributed by atoms with van der Waals surface area (Å²) in [6, 6.07) is 10.5. The van der Waals surface area contributed by atoms with Crippen LogP contribution < -0.4 is 5.32 Å². The first-order valence-electron chi connectivity index (χ1n) is 8.03. The third kappa shape index (κ3) is 3.96. The summed E-state index contributed by atoms with van der Waals surface area (Å²) < 4.78 is 0. The first kappa shape index (κ1) is 15.7. The molecule has 0 bridgehead atoms. The van der Waals surface area contributed by atoms with Crippen molar-refractivity contribution in [1.82, 2.24) is 15.2 Å². The van der Waals surface area contributed by atoms with E-state index in [9.17, 15) is 9.59 Å². The van der Waals surface area contributed by atoms with E-state index < -0.39 is 0 Å². The fourth-order valence-corrected chi connectivity index (χ4v) is 3.04. The van der Waals surface area contributed by atoms with Gasteiger partial charge in [-0.15, -0.1) is 0 Å². The zero-order valence-electron chi connectivity index (χ0n) is 13.4. The molecule has 2 aliphatic heterocycles. The number of rotatable bonds is 4. The highest BCUT2D eigenvalue weighted by Crippen LogP contribution is 2.14. The lowest BCUT2D eigenvalue weighted by Gasteiger charge is -2.21. The van der Waals surface area contributed by atoms with Crippen molar-refractivity contribution in [3.63, 3.8) is 0 Å². The van der Waals surface area contributed by atoms with Gasteiger partial charge in [0, 0.05) is 45.6 Å². The van der Waals surface area contributed by atoms with Crippen molar-refractivity contribution in [2.24, 2.45) is 5.10 Å². The van der Waals surface area contributed by atoms with Gasteiger partial charge in [0.15, 0.2) is 0 Å². The molecule has 0 unspecified atom stereocenters. The Morgan fingerprint density at radius 3 is 2.83 bits per heavy atom. The zero-order valence-corrected chi connectivity index (χ0v) is 13.4. The third-order valence-electron chi connectivity index (χ3n) is 4.33. The molecule has 1 fully saturated rings. The second-order valence-electron chi connectivity index (χ2n) is 6.14. The third-order valence-corrected chi connectivity index (χ3v) is 4.33. The smallest absolute Gasteiger partial charge is 0.267 e. The number of hydrogen-bond acceptors (Lipinski definition) is 4. The predicted molar refractivity (Wildman–Crippen MR) is 87.7 cm³/mol. The Kier molecular flexibility index (Phi) is 4.71. The van der Waals surface area contributed by atoms with Crippen molar-refractivity contribution < 1.29 is 9.59 Å². The molecule has 0 saturated carbocycles. The molecule has 1 saturated heterocycles. The summed E-state index contributed by atoms with van der Waals surface area (Å²) in [6.07, 6.45) is 1.73. The largest absolute Gasteiger partial charge is 0.347 e. The van der Waals surface area contributed by atoms with Crippen LogP contribution in [0.5, 0.6) is 0 Å². The van der Waals surface area contributed by atoms with Gasteiger partial charge in [-0.2, -0.15) is 5.10 Å². The summed E-state index contributed by atoms with van der Waals surface area (Å²) in [6.45, 7) is 2.73. The molecule has 23 heavy (non-hydrogen) atoms. The molecule has 0 aromatic heterocycles. The van der Waals surface area contributed by atoms with Gasteiger partial charge in [0.1, 0.15) is 5.71 Å². The lowest BCUT2D eigenvalue weighted by atomic mass is 10.1. The van der Waals surface area contributed by atoms with E-state index in [0.29, 0.717) is 18.6 Å². The maximum absolute atomic E-state index is 12.3. The minimum absolute atomic E-state index is 0.0450. The summed E-state index contributed by atoms with van der Waals surface area (Å²) in [5.41, 5.74) is 1.74. The second kappa shape index (κ2) is 6.91. The standard InChI is InChI=1S/C17H22N4O2/c1-20-16(22)8-7-15(19-20)17(23)18-14-9-10-21(12-14)11-13-5-3-2-4-6-13/h2-6,14H,7-12H2,1H3,(H,18,23)/t14-/m1/s1. The van der Waals surface area contributed by atoms with Crippen molar-refractivity contribution in [3.05, 3.63) is 35.9 Å². The fraction of sp³-hybridized carbons (Fsp3) is 0.471. The van der Waals surface area contributed by atoms with E-state index in [2.05, 4.69) is 27.5 Å². The Balaban J connectivity index is 1.51. The minimum atomic E-state index is -0.143. The quantitative estimate of drug-likeness (QED) is 0.901. The van der Waals surface area contributed by atoms with Crippen LogP contribution in [-0.2, 0) is 16.1 Å². The molecule has 2 aliphatic rings. The Morgan fingerprint density at radius 2 is 2.09 bits per heavy atom.